The van der Waals surface area contributed by atoms with Gasteiger partial charge in [0.15, 0.2) is 0 Å². The number of amides is 2. The molecule has 22 heavy (non-hydrogen) atoms. The Hall–Kier alpha value is -2.08. The fourth-order valence-corrected chi connectivity index (χ4v) is 2.33. The van der Waals surface area contributed by atoms with Crippen molar-refractivity contribution in [2.24, 2.45) is 0 Å². The molecular weight excluding hydrogens is 284 g/mol. The molecule has 2 amide bonds. The molecule has 1 heterocycles. The van der Waals surface area contributed by atoms with Gasteiger partial charge >= 0.3 is 0 Å². The summed E-state index contributed by atoms with van der Waals surface area (Å²) in [6.07, 6.45) is -0.654. The highest BCUT2D eigenvalue weighted by atomic mass is 16.5. The van der Waals surface area contributed by atoms with Crippen LogP contribution in [0.3, 0.4) is 0 Å². The minimum atomic E-state index is -0.684. The van der Waals surface area contributed by atoms with Gasteiger partial charge in [-0.15, -0.1) is 0 Å². The van der Waals surface area contributed by atoms with Gasteiger partial charge in [-0.2, -0.15) is 0 Å². The van der Waals surface area contributed by atoms with E-state index in [4.69, 9.17) is 9.47 Å². The Kier molecular flexibility index (Phi) is 5.77. The number of benzene rings is 1. The molecule has 1 unspecified atom stereocenters. The molecule has 120 valence electrons. The van der Waals surface area contributed by atoms with E-state index in [2.05, 4.69) is 5.32 Å². The van der Waals surface area contributed by atoms with Gasteiger partial charge in [-0.25, -0.2) is 0 Å². The number of rotatable bonds is 6. The Morgan fingerprint density at radius 3 is 2.73 bits per heavy atom. The Morgan fingerprint density at radius 2 is 2.09 bits per heavy atom. The van der Waals surface area contributed by atoms with Crippen LogP contribution in [0.25, 0.3) is 0 Å². The zero-order valence-corrected chi connectivity index (χ0v) is 13.0. The number of carbonyl (C=O) groups excluding carboxylic acids is 2. The molecule has 1 aromatic carbocycles. The molecule has 1 aromatic rings. The van der Waals surface area contributed by atoms with Crippen molar-refractivity contribution in [3.8, 4) is 5.75 Å². The van der Waals surface area contributed by atoms with Crippen molar-refractivity contribution in [3.63, 3.8) is 0 Å². The second-order valence-corrected chi connectivity index (χ2v) is 4.99. The van der Waals surface area contributed by atoms with Crippen LogP contribution < -0.4 is 10.1 Å². The van der Waals surface area contributed by atoms with Gasteiger partial charge < -0.3 is 19.7 Å². The van der Waals surface area contributed by atoms with Gasteiger partial charge in [0.25, 0.3) is 5.91 Å². The number of likely N-dealkylation sites (N-methyl/N-ethyl adjacent to an activating group) is 1. The quantitative estimate of drug-likeness (QED) is 0.868. The van der Waals surface area contributed by atoms with Crippen LogP contribution in [0, 0.1) is 0 Å². The van der Waals surface area contributed by atoms with Gasteiger partial charge in [-0.05, 0) is 38.1 Å². The lowest BCUT2D eigenvalue weighted by Gasteiger charge is -2.31. The van der Waals surface area contributed by atoms with Crippen molar-refractivity contribution in [3.05, 3.63) is 24.3 Å². The van der Waals surface area contributed by atoms with E-state index in [0.29, 0.717) is 32.0 Å². The average Bonchev–Trinajstić information content (AvgIpc) is 2.51. The van der Waals surface area contributed by atoms with Crippen LogP contribution >= 0.6 is 0 Å². The van der Waals surface area contributed by atoms with Crippen molar-refractivity contribution in [2.45, 2.75) is 26.4 Å². The summed E-state index contributed by atoms with van der Waals surface area (Å²) in [6.45, 7) is 6.13. The maximum absolute atomic E-state index is 12.1. The third-order valence-electron chi connectivity index (χ3n) is 3.47. The average molecular weight is 306 g/mol. The van der Waals surface area contributed by atoms with E-state index in [1.165, 1.54) is 0 Å². The predicted octanol–water partition coefficient (Wildman–Crippen LogP) is 1.66. The van der Waals surface area contributed by atoms with Crippen LogP contribution in [0.15, 0.2) is 24.3 Å². The summed E-state index contributed by atoms with van der Waals surface area (Å²) < 4.78 is 10.8. The maximum atomic E-state index is 12.1. The summed E-state index contributed by atoms with van der Waals surface area (Å²) in [5, 5.41) is 2.77. The molecule has 0 saturated carbocycles. The number of carbonyl (C=O) groups is 2. The normalized spacial score (nSPS) is 18.2. The van der Waals surface area contributed by atoms with E-state index in [9.17, 15) is 9.59 Å². The second kappa shape index (κ2) is 7.79. The van der Waals surface area contributed by atoms with Crippen molar-refractivity contribution < 1.29 is 19.1 Å². The van der Waals surface area contributed by atoms with Gasteiger partial charge in [0.05, 0.1) is 19.6 Å². The second-order valence-electron chi connectivity index (χ2n) is 4.99. The smallest absolute Gasteiger partial charge is 0.252 e. The molecule has 0 aromatic heterocycles. The Labute approximate surface area is 130 Å². The molecule has 1 N–H and O–H groups in total. The van der Waals surface area contributed by atoms with Crippen LogP contribution in [-0.4, -0.2) is 49.1 Å². The van der Waals surface area contributed by atoms with E-state index in [0.717, 1.165) is 5.75 Å². The van der Waals surface area contributed by atoms with Gasteiger partial charge in [-0.1, -0.05) is 0 Å². The largest absolute Gasteiger partial charge is 0.494 e. The summed E-state index contributed by atoms with van der Waals surface area (Å²) in [4.78, 5) is 25.8. The van der Waals surface area contributed by atoms with Crippen LogP contribution in [0.1, 0.15) is 20.3 Å². The molecule has 1 aliphatic rings. The summed E-state index contributed by atoms with van der Waals surface area (Å²) in [7, 11) is 0. The van der Waals surface area contributed by atoms with E-state index in [1.54, 1.807) is 29.2 Å². The van der Waals surface area contributed by atoms with Crippen molar-refractivity contribution >= 4 is 17.5 Å². The van der Waals surface area contributed by atoms with Crippen LogP contribution in [-0.2, 0) is 14.3 Å². The van der Waals surface area contributed by atoms with Crippen molar-refractivity contribution in [1.82, 2.24) is 4.90 Å². The van der Waals surface area contributed by atoms with Gasteiger partial charge in [0.1, 0.15) is 11.9 Å². The first-order valence-corrected chi connectivity index (χ1v) is 7.57. The summed E-state index contributed by atoms with van der Waals surface area (Å²) in [5.41, 5.74) is 0.670. The molecule has 0 bridgehead atoms. The van der Waals surface area contributed by atoms with Gasteiger partial charge in [0.2, 0.25) is 5.91 Å². The molecular formula is C16H22N2O4. The summed E-state index contributed by atoms with van der Waals surface area (Å²) >= 11 is 0. The molecule has 2 rings (SSSR count). The van der Waals surface area contributed by atoms with Crippen molar-refractivity contribution in [2.75, 3.05) is 31.6 Å². The molecule has 1 atom stereocenters. The Balaban J connectivity index is 1.88. The third kappa shape index (κ3) is 4.21. The molecule has 0 aliphatic carbocycles. The topological polar surface area (TPSA) is 67.9 Å². The first kappa shape index (κ1) is 16.3. The highest BCUT2D eigenvalue weighted by molar-refractivity contribution is 5.95. The van der Waals surface area contributed by atoms with E-state index < -0.39 is 6.10 Å². The lowest BCUT2D eigenvalue weighted by molar-refractivity contribution is -0.154. The number of ether oxygens (including phenoxy) is 2. The zero-order chi connectivity index (χ0) is 15.9. The SMILES string of the molecule is CCOc1ccc(NC(=O)CC2OCCN(CC)C2=O)cc1. The molecule has 1 aliphatic heterocycles. The third-order valence-corrected chi connectivity index (χ3v) is 3.47. The number of morpholine rings is 1. The number of nitrogens with zero attached hydrogens (tertiary/aromatic N) is 1. The summed E-state index contributed by atoms with van der Waals surface area (Å²) in [6, 6.07) is 7.12. The minimum absolute atomic E-state index is 0.0303. The van der Waals surface area contributed by atoms with Crippen LogP contribution in [0.4, 0.5) is 5.69 Å². The number of hydrogen-bond donors (Lipinski definition) is 1. The Morgan fingerprint density at radius 1 is 1.36 bits per heavy atom. The summed E-state index contributed by atoms with van der Waals surface area (Å²) in [5.74, 6) is 0.404. The minimum Gasteiger partial charge on any atom is -0.494 e. The zero-order valence-electron chi connectivity index (χ0n) is 13.0. The van der Waals surface area contributed by atoms with Gasteiger partial charge in [0, 0.05) is 18.8 Å². The number of nitrogens with one attached hydrogen (secondary N) is 1. The van der Waals surface area contributed by atoms with E-state index in [1.807, 2.05) is 13.8 Å². The molecule has 1 saturated heterocycles. The monoisotopic (exact) mass is 306 g/mol. The van der Waals surface area contributed by atoms with Crippen LogP contribution in [0.2, 0.25) is 0 Å². The predicted molar refractivity (Wildman–Crippen MR) is 82.9 cm³/mol. The molecule has 0 spiro atoms. The van der Waals surface area contributed by atoms with Crippen molar-refractivity contribution in [1.29, 1.82) is 0 Å². The fraction of sp³-hybridized carbons (Fsp3) is 0.500. The highest BCUT2D eigenvalue weighted by Crippen LogP contribution is 2.17. The first-order chi connectivity index (χ1) is 10.6. The van der Waals surface area contributed by atoms with E-state index in [-0.39, 0.29) is 18.2 Å². The maximum Gasteiger partial charge on any atom is 0.252 e. The van der Waals surface area contributed by atoms with Crippen LogP contribution in [0.5, 0.6) is 5.75 Å². The lowest BCUT2D eigenvalue weighted by Crippen LogP contribution is -2.48. The molecule has 6 nitrogen and oxygen atoms in total. The molecule has 6 heteroatoms. The fourth-order valence-electron chi connectivity index (χ4n) is 2.33. The lowest BCUT2D eigenvalue weighted by atomic mass is 10.1. The molecule has 0 radical (unpaired) electrons. The first-order valence-electron chi connectivity index (χ1n) is 7.57. The molecule has 1 fully saturated rings. The standard InChI is InChI=1S/C16H22N2O4/c1-3-18-9-10-22-14(16(18)20)11-15(19)17-12-5-7-13(8-6-12)21-4-2/h5-8,14H,3-4,9-11H2,1-2H3,(H,17,19). The highest BCUT2D eigenvalue weighted by Gasteiger charge is 2.30. The Bertz CT molecular complexity index is 515. The van der Waals surface area contributed by atoms with E-state index >= 15 is 0 Å². The number of anilines is 1. The van der Waals surface area contributed by atoms with Gasteiger partial charge in [-0.3, -0.25) is 9.59 Å². The number of hydrogen-bond acceptors (Lipinski definition) is 4.